The predicted octanol–water partition coefficient (Wildman–Crippen LogP) is 7.67. The Hall–Kier alpha value is -0.780. The topological polar surface area (TPSA) is 91.3 Å². The molecule has 0 aliphatic carbocycles. The van der Waals surface area contributed by atoms with Gasteiger partial charge >= 0.3 is 15.6 Å². The lowest BCUT2D eigenvalue weighted by atomic mass is 10.0. The summed E-state index contributed by atoms with van der Waals surface area (Å²) >= 11 is 0. The molecule has 0 fully saturated rings. The summed E-state index contributed by atoms with van der Waals surface area (Å²) < 4.78 is 41.9. The molecule has 7 nitrogen and oxygen atoms in total. The maximum absolute atomic E-state index is 12.2. The van der Waals surface area contributed by atoms with E-state index >= 15 is 0 Å². The minimum absolute atomic E-state index is 0.0693. The van der Waals surface area contributed by atoms with Crippen molar-refractivity contribution in [1.29, 1.82) is 0 Å². The van der Waals surface area contributed by atoms with Gasteiger partial charge in [-0.1, -0.05) is 46.6 Å². The molecule has 0 aromatic carbocycles. The number of rotatable bonds is 16. The SMILES string of the molecule is COP(=O)(O)OP(=O)(OC)OC/C=C(\C)CC/C=C(\C)CC/C=C(\C)CCC=C(C)C. The Kier molecular flexibility index (Phi) is 15.5. The highest BCUT2D eigenvalue weighted by molar-refractivity contribution is 7.61. The molecule has 0 heterocycles. The molecule has 180 valence electrons. The summed E-state index contributed by atoms with van der Waals surface area (Å²) in [6.07, 6.45) is 14.6. The summed E-state index contributed by atoms with van der Waals surface area (Å²) in [6.45, 7) is 10.5. The highest BCUT2D eigenvalue weighted by Gasteiger charge is 2.36. The molecule has 0 rings (SSSR count). The monoisotopic (exact) mass is 478 g/mol. The van der Waals surface area contributed by atoms with Crippen LogP contribution in [0.3, 0.4) is 0 Å². The number of hydrogen-bond donors (Lipinski definition) is 1. The van der Waals surface area contributed by atoms with E-state index in [4.69, 9.17) is 4.52 Å². The predicted molar refractivity (Wildman–Crippen MR) is 127 cm³/mol. The highest BCUT2D eigenvalue weighted by atomic mass is 31.3. The summed E-state index contributed by atoms with van der Waals surface area (Å²) in [5.74, 6) is 0. The van der Waals surface area contributed by atoms with Crippen LogP contribution < -0.4 is 0 Å². The number of phosphoric ester groups is 2. The van der Waals surface area contributed by atoms with Crippen LogP contribution in [-0.4, -0.2) is 25.7 Å². The van der Waals surface area contributed by atoms with E-state index in [0.29, 0.717) is 0 Å². The smallest absolute Gasteiger partial charge is 0.302 e. The third-order valence-electron chi connectivity index (χ3n) is 4.48. The van der Waals surface area contributed by atoms with Crippen molar-refractivity contribution in [2.45, 2.75) is 73.1 Å². The summed E-state index contributed by atoms with van der Waals surface area (Å²) in [5, 5.41) is 0. The van der Waals surface area contributed by atoms with Crippen LogP contribution >= 0.6 is 15.6 Å². The Morgan fingerprint density at radius 2 is 1.19 bits per heavy atom. The maximum Gasteiger partial charge on any atom is 0.483 e. The molecule has 2 unspecified atom stereocenters. The molecule has 0 spiro atoms. The van der Waals surface area contributed by atoms with Crippen LogP contribution in [0, 0.1) is 0 Å². The number of hydrogen-bond acceptors (Lipinski definition) is 6. The quantitative estimate of drug-likeness (QED) is 0.180. The summed E-state index contributed by atoms with van der Waals surface area (Å²) in [6, 6.07) is 0. The fourth-order valence-electron chi connectivity index (χ4n) is 2.53. The van der Waals surface area contributed by atoms with Crippen LogP contribution in [0.25, 0.3) is 0 Å². The molecule has 1 N–H and O–H groups in total. The Labute approximate surface area is 188 Å². The fourth-order valence-corrected chi connectivity index (χ4v) is 4.62. The van der Waals surface area contributed by atoms with Gasteiger partial charge in [0.15, 0.2) is 0 Å². The molecular weight excluding hydrogens is 438 g/mol. The van der Waals surface area contributed by atoms with Crippen molar-refractivity contribution in [2.75, 3.05) is 20.8 Å². The molecule has 0 radical (unpaired) electrons. The van der Waals surface area contributed by atoms with E-state index < -0.39 is 15.6 Å². The molecule has 0 aliphatic heterocycles. The van der Waals surface area contributed by atoms with E-state index in [1.165, 1.54) is 16.7 Å². The van der Waals surface area contributed by atoms with Gasteiger partial charge < -0.3 is 4.89 Å². The number of phosphoric acid groups is 2. The molecule has 0 bridgehead atoms. The van der Waals surface area contributed by atoms with Crippen LogP contribution in [0.1, 0.15) is 73.1 Å². The first-order valence-electron chi connectivity index (χ1n) is 10.4. The molecule has 0 saturated carbocycles. The van der Waals surface area contributed by atoms with Crippen molar-refractivity contribution in [3.63, 3.8) is 0 Å². The molecule has 0 saturated heterocycles. The first-order chi connectivity index (χ1) is 14.4. The van der Waals surface area contributed by atoms with Gasteiger partial charge in [-0.2, -0.15) is 4.31 Å². The lowest BCUT2D eigenvalue weighted by molar-refractivity contribution is 0.161. The molecule has 0 aromatic heterocycles. The van der Waals surface area contributed by atoms with E-state index in [1.54, 1.807) is 6.08 Å². The molecular formula is C22H40O7P2. The van der Waals surface area contributed by atoms with Gasteiger partial charge in [-0.15, -0.1) is 0 Å². The van der Waals surface area contributed by atoms with Crippen molar-refractivity contribution < 1.29 is 31.9 Å². The number of allylic oxidation sites excluding steroid dienone is 7. The Morgan fingerprint density at radius 3 is 1.61 bits per heavy atom. The normalized spacial score (nSPS) is 17.2. The summed E-state index contributed by atoms with van der Waals surface area (Å²) in [4.78, 5) is 9.27. The van der Waals surface area contributed by atoms with Crippen molar-refractivity contribution in [2.24, 2.45) is 0 Å². The zero-order valence-corrected chi connectivity index (χ0v) is 21.8. The van der Waals surface area contributed by atoms with Gasteiger partial charge in [-0.05, 0) is 73.1 Å². The van der Waals surface area contributed by atoms with Gasteiger partial charge in [0.25, 0.3) is 0 Å². The zero-order valence-electron chi connectivity index (χ0n) is 20.1. The molecule has 0 aliphatic rings. The first kappa shape index (κ1) is 30.2. The average molecular weight is 479 g/mol. The lowest BCUT2D eigenvalue weighted by Crippen LogP contribution is -1.98. The van der Waals surface area contributed by atoms with Crippen LogP contribution in [-0.2, 0) is 27.0 Å². The molecule has 2 atom stereocenters. The minimum atomic E-state index is -4.48. The lowest BCUT2D eigenvalue weighted by Gasteiger charge is -2.16. The van der Waals surface area contributed by atoms with Crippen LogP contribution in [0.15, 0.2) is 46.6 Å². The average Bonchev–Trinajstić information content (AvgIpc) is 2.67. The standard InChI is InChI=1S/C22H40O7P2/c1-19(2)11-8-12-20(3)13-9-14-21(4)15-10-16-22(5)17-18-28-31(25,27-7)29-30(23,24)26-6/h11,13,15,17H,8-10,12,14,16,18H2,1-7H3,(H,23,24)/b20-13+,21-15+,22-17+. The Balaban J connectivity index is 4.35. The second-order valence-corrected chi connectivity index (χ2v) is 11.2. The molecule has 31 heavy (non-hydrogen) atoms. The van der Waals surface area contributed by atoms with Gasteiger partial charge in [0.05, 0.1) is 6.61 Å². The molecule has 0 amide bonds. The van der Waals surface area contributed by atoms with Crippen molar-refractivity contribution in [1.82, 2.24) is 0 Å². The third-order valence-corrected chi connectivity index (χ3v) is 7.48. The van der Waals surface area contributed by atoms with Crippen LogP contribution in [0.2, 0.25) is 0 Å². The van der Waals surface area contributed by atoms with Gasteiger partial charge in [-0.25, -0.2) is 9.13 Å². The Morgan fingerprint density at radius 1 is 0.742 bits per heavy atom. The van der Waals surface area contributed by atoms with Gasteiger partial charge in [0.1, 0.15) is 0 Å². The largest absolute Gasteiger partial charge is 0.483 e. The van der Waals surface area contributed by atoms with E-state index in [1.807, 2.05) is 6.92 Å². The van der Waals surface area contributed by atoms with Crippen molar-refractivity contribution >= 4 is 15.6 Å². The van der Waals surface area contributed by atoms with Gasteiger partial charge in [0, 0.05) is 14.2 Å². The third kappa shape index (κ3) is 16.5. The van der Waals surface area contributed by atoms with Crippen LogP contribution in [0.4, 0.5) is 0 Å². The van der Waals surface area contributed by atoms with E-state index in [-0.39, 0.29) is 6.61 Å². The zero-order chi connectivity index (χ0) is 23.9. The summed E-state index contributed by atoms with van der Waals surface area (Å²) in [5.41, 5.74) is 5.20. The maximum atomic E-state index is 12.2. The molecule has 9 heteroatoms. The second-order valence-electron chi connectivity index (χ2n) is 7.71. The minimum Gasteiger partial charge on any atom is -0.302 e. The molecule has 0 aromatic rings. The van der Waals surface area contributed by atoms with Crippen LogP contribution in [0.5, 0.6) is 0 Å². The Bertz CT molecular complexity index is 747. The van der Waals surface area contributed by atoms with Gasteiger partial charge in [0.2, 0.25) is 0 Å². The van der Waals surface area contributed by atoms with E-state index in [0.717, 1.165) is 58.3 Å². The van der Waals surface area contributed by atoms with Gasteiger partial charge in [-0.3, -0.25) is 13.6 Å². The van der Waals surface area contributed by atoms with E-state index in [2.05, 4.69) is 59.3 Å². The first-order valence-corrected chi connectivity index (χ1v) is 13.4. The second kappa shape index (κ2) is 15.9. The van der Waals surface area contributed by atoms with Crippen molar-refractivity contribution in [3.05, 3.63) is 46.6 Å². The van der Waals surface area contributed by atoms with E-state index in [9.17, 15) is 14.0 Å². The van der Waals surface area contributed by atoms with Crippen molar-refractivity contribution in [3.8, 4) is 0 Å². The summed E-state index contributed by atoms with van der Waals surface area (Å²) in [7, 11) is -6.62. The fraction of sp³-hybridized carbons (Fsp3) is 0.636. The highest BCUT2D eigenvalue weighted by Crippen LogP contribution is 2.62.